The van der Waals surface area contributed by atoms with E-state index in [0.717, 1.165) is 39.9 Å². The number of carbonyl (C=O) groups is 2. The van der Waals surface area contributed by atoms with Gasteiger partial charge in [-0.3, -0.25) is 19.7 Å². The van der Waals surface area contributed by atoms with Crippen LogP contribution in [0.4, 0.5) is 0 Å². The van der Waals surface area contributed by atoms with E-state index in [1.807, 2.05) is 36.4 Å². The lowest BCUT2D eigenvalue weighted by molar-refractivity contribution is -0.253. The molecule has 5 aromatic rings. The summed E-state index contributed by atoms with van der Waals surface area (Å²) >= 11 is 0. The number of nitrogens with one attached hydrogen (secondary N) is 2. The van der Waals surface area contributed by atoms with Crippen LogP contribution in [0.5, 0.6) is 0 Å². The molecule has 4 unspecified atom stereocenters. The van der Waals surface area contributed by atoms with Crippen molar-refractivity contribution < 1.29 is 29.4 Å². The topological polar surface area (TPSA) is 120 Å². The Hall–Kier alpha value is -4.90. The molecule has 4 atom stereocenters. The maximum absolute atomic E-state index is 12.3. The summed E-state index contributed by atoms with van der Waals surface area (Å²) in [5, 5.41) is 23.6. The molecular weight excluding hydrogens is 666 g/mol. The SMILES string of the molecule is CC(c1ccc2ccccc2c1)N(C)CC1CC(c2ccc(CO)cc2)OC(c2ccc(-c3cccc(CNC(=O)CCCCC(=O)NO)c3)cc2)O1. The Morgan fingerprint density at radius 2 is 1.49 bits per heavy atom. The molecule has 6 rings (SSSR count). The lowest BCUT2D eigenvalue weighted by atomic mass is 9.98. The van der Waals surface area contributed by atoms with Gasteiger partial charge in [0.15, 0.2) is 6.29 Å². The zero-order valence-corrected chi connectivity index (χ0v) is 30.4. The number of nitrogens with zero attached hydrogens (tertiary/aromatic N) is 1. The quantitative estimate of drug-likeness (QED) is 0.0494. The number of benzene rings is 5. The van der Waals surface area contributed by atoms with Crippen molar-refractivity contribution in [2.75, 3.05) is 13.6 Å². The monoisotopic (exact) mass is 715 g/mol. The molecule has 0 aromatic heterocycles. The van der Waals surface area contributed by atoms with Gasteiger partial charge in [0.2, 0.25) is 11.8 Å². The van der Waals surface area contributed by atoms with E-state index in [9.17, 15) is 14.7 Å². The number of aliphatic hydroxyl groups is 1. The third-order valence-electron chi connectivity index (χ3n) is 10.1. The van der Waals surface area contributed by atoms with E-state index in [-0.39, 0.29) is 37.2 Å². The molecule has 0 radical (unpaired) electrons. The fraction of sp³-hybridized carbons (Fsp3) is 0.318. The Bertz CT molecular complexity index is 1970. The smallest absolute Gasteiger partial charge is 0.243 e. The summed E-state index contributed by atoms with van der Waals surface area (Å²) in [5.74, 6) is -0.523. The molecule has 0 bridgehead atoms. The molecule has 1 heterocycles. The number of rotatable bonds is 15. The number of ether oxygens (including phenoxy) is 2. The number of amides is 2. The van der Waals surface area contributed by atoms with Gasteiger partial charge in [-0.25, -0.2) is 5.48 Å². The molecule has 4 N–H and O–H groups in total. The van der Waals surface area contributed by atoms with Crippen LogP contribution in [0, 0.1) is 0 Å². The molecule has 276 valence electrons. The van der Waals surface area contributed by atoms with Crippen molar-refractivity contribution in [2.24, 2.45) is 0 Å². The van der Waals surface area contributed by atoms with Crippen molar-refractivity contribution in [3.8, 4) is 11.1 Å². The zero-order chi connectivity index (χ0) is 37.2. The number of fused-ring (bicyclic) bond motifs is 1. The van der Waals surface area contributed by atoms with Crippen molar-refractivity contribution in [3.05, 3.63) is 143 Å². The summed E-state index contributed by atoms with van der Waals surface area (Å²) in [5.41, 5.74) is 8.78. The molecule has 1 aliphatic heterocycles. The lowest BCUT2D eigenvalue weighted by Crippen LogP contribution is -2.38. The summed E-state index contributed by atoms with van der Waals surface area (Å²) in [4.78, 5) is 25.8. The number of carbonyl (C=O) groups excluding carboxylic acids is 2. The summed E-state index contributed by atoms with van der Waals surface area (Å²) in [7, 11) is 2.15. The van der Waals surface area contributed by atoms with Crippen molar-refractivity contribution in [2.45, 2.75) is 76.7 Å². The van der Waals surface area contributed by atoms with Crippen molar-refractivity contribution in [3.63, 3.8) is 0 Å². The van der Waals surface area contributed by atoms with Gasteiger partial charge >= 0.3 is 0 Å². The van der Waals surface area contributed by atoms with Crippen LogP contribution in [0.1, 0.15) is 85.3 Å². The molecule has 0 aliphatic carbocycles. The molecule has 2 amide bonds. The van der Waals surface area contributed by atoms with Crippen LogP contribution in [0.25, 0.3) is 21.9 Å². The van der Waals surface area contributed by atoms with Crippen molar-refractivity contribution in [1.82, 2.24) is 15.7 Å². The first-order valence-electron chi connectivity index (χ1n) is 18.4. The highest BCUT2D eigenvalue weighted by Crippen LogP contribution is 2.39. The Morgan fingerprint density at radius 3 is 2.23 bits per heavy atom. The maximum Gasteiger partial charge on any atom is 0.243 e. The second kappa shape index (κ2) is 18.2. The second-order valence-corrected chi connectivity index (χ2v) is 13.9. The minimum atomic E-state index is -0.561. The minimum absolute atomic E-state index is 0.00341. The Morgan fingerprint density at radius 1 is 0.774 bits per heavy atom. The van der Waals surface area contributed by atoms with Crippen LogP contribution in [0.15, 0.2) is 115 Å². The number of hydrogen-bond acceptors (Lipinski definition) is 7. The second-order valence-electron chi connectivity index (χ2n) is 13.9. The van der Waals surface area contributed by atoms with Gasteiger partial charge in [0.1, 0.15) is 0 Å². The van der Waals surface area contributed by atoms with Gasteiger partial charge in [-0.15, -0.1) is 0 Å². The summed E-state index contributed by atoms with van der Waals surface area (Å²) in [6, 6.07) is 39.6. The van der Waals surface area contributed by atoms with Gasteiger partial charge in [0.05, 0.1) is 18.8 Å². The van der Waals surface area contributed by atoms with Gasteiger partial charge in [-0.05, 0) is 83.1 Å². The normalized spacial score (nSPS) is 17.8. The first kappa shape index (κ1) is 37.8. The van der Waals surface area contributed by atoms with Gasteiger partial charge in [-0.1, -0.05) is 103 Å². The molecule has 1 aliphatic rings. The number of likely N-dealkylation sites (N-methyl/N-ethyl adjacent to an activating group) is 1. The molecule has 9 nitrogen and oxygen atoms in total. The lowest BCUT2D eigenvalue weighted by Gasteiger charge is -2.39. The summed E-state index contributed by atoms with van der Waals surface area (Å²) < 4.78 is 13.3. The van der Waals surface area contributed by atoms with E-state index in [4.69, 9.17) is 14.7 Å². The average molecular weight is 716 g/mol. The van der Waals surface area contributed by atoms with Crippen LogP contribution in [-0.4, -0.2) is 46.7 Å². The Kier molecular flexibility index (Phi) is 13.0. The van der Waals surface area contributed by atoms with Crippen LogP contribution in [0.3, 0.4) is 0 Å². The predicted octanol–water partition coefficient (Wildman–Crippen LogP) is 7.92. The molecule has 53 heavy (non-hydrogen) atoms. The Labute approximate surface area is 311 Å². The fourth-order valence-corrected chi connectivity index (χ4v) is 6.84. The molecule has 1 saturated heterocycles. The van der Waals surface area contributed by atoms with Crippen molar-refractivity contribution >= 4 is 22.6 Å². The van der Waals surface area contributed by atoms with Crippen LogP contribution >= 0.6 is 0 Å². The maximum atomic E-state index is 12.3. The van der Waals surface area contributed by atoms with Crippen LogP contribution in [-0.2, 0) is 32.2 Å². The zero-order valence-electron chi connectivity index (χ0n) is 30.4. The first-order valence-corrected chi connectivity index (χ1v) is 18.4. The molecule has 9 heteroatoms. The van der Waals surface area contributed by atoms with Crippen LogP contribution < -0.4 is 10.8 Å². The van der Waals surface area contributed by atoms with E-state index in [1.165, 1.54) is 16.3 Å². The minimum Gasteiger partial charge on any atom is -0.392 e. The van der Waals surface area contributed by atoms with E-state index in [0.29, 0.717) is 32.2 Å². The largest absolute Gasteiger partial charge is 0.392 e. The van der Waals surface area contributed by atoms with E-state index in [2.05, 4.69) is 103 Å². The highest BCUT2D eigenvalue weighted by atomic mass is 16.7. The third-order valence-corrected chi connectivity index (χ3v) is 10.1. The van der Waals surface area contributed by atoms with Gasteiger partial charge in [-0.2, -0.15) is 0 Å². The predicted molar refractivity (Wildman–Crippen MR) is 206 cm³/mol. The van der Waals surface area contributed by atoms with E-state index in [1.54, 1.807) is 5.48 Å². The van der Waals surface area contributed by atoms with Gasteiger partial charge in [0, 0.05) is 44.0 Å². The molecule has 0 saturated carbocycles. The number of hydroxylamine groups is 1. The fourth-order valence-electron chi connectivity index (χ4n) is 6.84. The number of unbranched alkanes of at least 4 members (excludes halogenated alkanes) is 1. The standard InChI is InChI=1S/C44H49N3O6/c1-30(37-23-20-33-9-3-4-10-39(33)25-37)47(2)28-40-26-41(35-16-14-31(29-48)15-17-35)53-44(52-40)36-21-18-34(19-22-36)38-11-7-8-32(24-38)27-45-42(49)12-5-6-13-43(50)46-51/h3-4,7-11,14-25,30,40-41,44,48,51H,5-6,12-13,26-29H2,1-2H3,(H,45,49)(H,46,50). The highest BCUT2D eigenvalue weighted by molar-refractivity contribution is 5.83. The first-order chi connectivity index (χ1) is 25.8. The molecular formula is C44H49N3O6. The van der Waals surface area contributed by atoms with Crippen LogP contribution in [0.2, 0.25) is 0 Å². The van der Waals surface area contributed by atoms with E-state index >= 15 is 0 Å². The summed E-state index contributed by atoms with van der Waals surface area (Å²) in [6.07, 6.45) is 1.48. The van der Waals surface area contributed by atoms with E-state index < -0.39 is 12.2 Å². The number of aliphatic hydroxyl groups excluding tert-OH is 1. The Balaban J connectivity index is 1.12. The third kappa shape index (κ3) is 10.2. The molecule has 5 aromatic carbocycles. The van der Waals surface area contributed by atoms with Crippen molar-refractivity contribution in [1.29, 1.82) is 0 Å². The van der Waals surface area contributed by atoms with Gasteiger partial charge in [0.25, 0.3) is 0 Å². The number of hydrogen-bond donors (Lipinski definition) is 4. The summed E-state index contributed by atoms with van der Waals surface area (Å²) in [6.45, 7) is 3.36. The highest BCUT2D eigenvalue weighted by Gasteiger charge is 2.33. The van der Waals surface area contributed by atoms with Gasteiger partial charge < -0.3 is 19.9 Å². The average Bonchev–Trinajstić information content (AvgIpc) is 3.21. The molecule has 0 spiro atoms. The molecule has 1 fully saturated rings.